The molecule has 0 bridgehead atoms. The van der Waals surface area contributed by atoms with Gasteiger partial charge in [-0.2, -0.15) is 0 Å². The fourth-order valence-electron chi connectivity index (χ4n) is 0.841. The summed E-state index contributed by atoms with van der Waals surface area (Å²) in [6.07, 6.45) is 4.70. The van der Waals surface area contributed by atoms with Gasteiger partial charge in [-0.3, -0.25) is 5.73 Å². The van der Waals surface area contributed by atoms with E-state index in [1.165, 1.54) is 13.2 Å². The topological polar surface area (TPSA) is 35.2 Å². The third-order valence-electron chi connectivity index (χ3n) is 1.36. The molecule has 3 heteroatoms. The maximum absolute atomic E-state index is 12.9. The van der Waals surface area contributed by atoms with E-state index >= 15 is 0 Å². The van der Waals surface area contributed by atoms with Gasteiger partial charge in [0.2, 0.25) is 0 Å². The molecule has 0 aromatic carbocycles. The van der Waals surface area contributed by atoms with Crippen LogP contribution in [0.1, 0.15) is 6.42 Å². The maximum atomic E-state index is 12.9. The molecule has 1 unspecified atom stereocenters. The molecule has 10 heavy (non-hydrogen) atoms. The fourth-order valence-corrected chi connectivity index (χ4v) is 0.841. The predicted octanol–water partition coefficient (Wildman–Crippen LogP) is 1.10. The minimum Gasteiger partial charge on any atom is -0.501 e. The Morgan fingerprint density at radius 3 is 2.90 bits per heavy atom. The number of hydrogen-bond donors (Lipinski definition) is 1. The second-order valence-corrected chi connectivity index (χ2v) is 2.30. The van der Waals surface area contributed by atoms with Crippen molar-refractivity contribution < 1.29 is 9.13 Å². The molecule has 0 spiro atoms. The molecule has 2 N–H and O–H groups in total. The molecule has 1 aliphatic carbocycles. The first-order valence-electron chi connectivity index (χ1n) is 3.04. The minimum absolute atomic E-state index is 0.125. The van der Waals surface area contributed by atoms with Gasteiger partial charge in [-0.1, -0.05) is 6.08 Å². The highest BCUT2D eigenvalue weighted by molar-refractivity contribution is 5.20. The molecule has 0 saturated carbocycles. The number of allylic oxidation sites excluding steroid dienone is 2. The van der Waals surface area contributed by atoms with Crippen molar-refractivity contribution >= 4 is 0 Å². The summed E-state index contributed by atoms with van der Waals surface area (Å²) < 4.78 is 17.7. The van der Waals surface area contributed by atoms with E-state index in [0.717, 1.165) is 0 Å². The van der Waals surface area contributed by atoms with E-state index in [-0.39, 0.29) is 6.42 Å². The fraction of sp³-hybridized carbons (Fsp3) is 0.429. The summed E-state index contributed by atoms with van der Waals surface area (Å²) in [6.45, 7) is 0. The third kappa shape index (κ3) is 1.57. The minimum atomic E-state index is -1.72. The Morgan fingerprint density at radius 2 is 2.50 bits per heavy atom. The smallest absolute Gasteiger partial charge is 0.185 e. The second-order valence-electron chi connectivity index (χ2n) is 2.30. The predicted molar refractivity (Wildman–Crippen MR) is 36.9 cm³/mol. The van der Waals surface area contributed by atoms with Crippen LogP contribution in [0.15, 0.2) is 24.0 Å². The first kappa shape index (κ1) is 7.28. The summed E-state index contributed by atoms with van der Waals surface area (Å²) in [7, 11) is 1.50. The van der Waals surface area contributed by atoms with Crippen LogP contribution in [0.25, 0.3) is 0 Å². The van der Waals surface area contributed by atoms with E-state index in [1.807, 2.05) is 0 Å². The van der Waals surface area contributed by atoms with Crippen molar-refractivity contribution in [1.82, 2.24) is 0 Å². The van der Waals surface area contributed by atoms with E-state index in [4.69, 9.17) is 10.5 Å². The van der Waals surface area contributed by atoms with Crippen LogP contribution in [0.5, 0.6) is 0 Å². The molecule has 0 heterocycles. The average Bonchev–Trinajstić information content (AvgIpc) is 1.86. The van der Waals surface area contributed by atoms with Crippen molar-refractivity contribution in [2.45, 2.75) is 12.2 Å². The molecule has 1 aliphatic rings. The van der Waals surface area contributed by atoms with Crippen LogP contribution in [0.2, 0.25) is 0 Å². The van der Waals surface area contributed by atoms with Crippen molar-refractivity contribution in [2.75, 3.05) is 7.11 Å². The summed E-state index contributed by atoms with van der Waals surface area (Å²) in [5.74, 6) is -1.15. The summed E-state index contributed by atoms with van der Waals surface area (Å²) in [6, 6.07) is 0. The van der Waals surface area contributed by atoms with Gasteiger partial charge < -0.3 is 4.74 Å². The van der Waals surface area contributed by atoms with Gasteiger partial charge in [0.1, 0.15) is 5.76 Å². The molecule has 0 aromatic rings. The first-order chi connectivity index (χ1) is 4.64. The highest BCUT2D eigenvalue weighted by atomic mass is 19.1. The van der Waals surface area contributed by atoms with Crippen LogP contribution >= 0.6 is 0 Å². The van der Waals surface area contributed by atoms with Crippen molar-refractivity contribution in [3.63, 3.8) is 0 Å². The molecule has 0 aromatic heterocycles. The molecule has 0 saturated heterocycles. The Kier molecular flexibility index (Phi) is 1.76. The molecule has 0 aliphatic heterocycles. The molecule has 0 fully saturated rings. The Bertz CT molecular complexity index is 184. The number of alkyl halides is 1. The van der Waals surface area contributed by atoms with Crippen molar-refractivity contribution in [2.24, 2.45) is 5.73 Å². The average molecular weight is 143 g/mol. The zero-order valence-corrected chi connectivity index (χ0v) is 5.80. The second kappa shape index (κ2) is 2.42. The number of methoxy groups -OCH3 is 1. The summed E-state index contributed by atoms with van der Waals surface area (Å²) in [4.78, 5) is 0. The van der Waals surface area contributed by atoms with Gasteiger partial charge in [0.15, 0.2) is 5.79 Å². The van der Waals surface area contributed by atoms with Crippen molar-refractivity contribution in [1.29, 1.82) is 0 Å². The Morgan fingerprint density at radius 1 is 1.80 bits per heavy atom. The lowest BCUT2D eigenvalue weighted by molar-refractivity contribution is 0.181. The van der Waals surface area contributed by atoms with E-state index < -0.39 is 5.79 Å². The maximum Gasteiger partial charge on any atom is 0.185 e. The quantitative estimate of drug-likeness (QED) is 0.558. The standard InChI is InChI=1S/C7H10FNO/c1-10-6-3-2-4-7(8,9)5-6/h2-4H,5,9H2,1H3. The summed E-state index contributed by atoms with van der Waals surface area (Å²) in [5.41, 5.74) is 5.17. The molecule has 56 valence electrons. The molecular formula is C7H10FNO. The van der Waals surface area contributed by atoms with Gasteiger partial charge in [-0.25, -0.2) is 4.39 Å². The molecule has 1 atom stereocenters. The van der Waals surface area contributed by atoms with Crippen LogP contribution in [0, 0.1) is 0 Å². The van der Waals surface area contributed by atoms with Crippen LogP contribution in [-0.4, -0.2) is 12.9 Å². The van der Waals surface area contributed by atoms with E-state index in [2.05, 4.69) is 0 Å². The van der Waals surface area contributed by atoms with E-state index in [0.29, 0.717) is 5.76 Å². The lowest BCUT2D eigenvalue weighted by Crippen LogP contribution is -2.33. The monoisotopic (exact) mass is 143 g/mol. The van der Waals surface area contributed by atoms with Gasteiger partial charge in [0.25, 0.3) is 0 Å². The lowest BCUT2D eigenvalue weighted by atomic mass is 10.1. The van der Waals surface area contributed by atoms with Gasteiger partial charge in [0, 0.05) is 0 Å². The zero-order chi connectivity index (χ0) is 7.61. The number of halogens is 1. The van der Waals surface area contributed by atoms with Gasteiger partial charge in [0.05, 0.1) is 13.5 Å². The van der Waals surface area contributed by atoms with E-state index in [9.17, 15) is 4.39 Å². The van der Waals surface area contributed by atoms with Gasteiger partial charge >= 0.3 is 0 Å². The number of rotatable bonds is 1. The highest BCUT2D eigenvalue weighted by Crippen LogP contribution is 2.21. The zero-order valence-electron chi connectivity index (χ0n) is 5.80. The van der Waals surface area contributed by atoms with Crippen LogP contribution < -0.4 is 5.73 Å². The molecule has 0 amide bonds. The Balaban J connectivity index is 2.68. The van der Waals surface area contributed by atoms with Crippen LogP contribution in [0.3, 0.4) is 0 Å². The number of ether oxygens (including phenoxy) is 1. The lowest BCUT2D eigenvalue weighted by Gasteiger charge is -2.19. The Labute approximate surface area is 59.2 Å². The molecular weight excluding hydrogens is 133 g/mol. The largest absolute Gasteiger partial charge is 0.501 e. The number of hydrogen-bond acceptors (Lipinski definition) is 2. The number of nitrogens with two attached hydrogens (primary N) is 1. The molecule has 2 nitrogen and oxygen atoms in total. The van der Waals surface area contributed by atoms with Crippen LogP contribution in [-0.2, 0) is 4.74 Å². The normalized spacial score (nSPS) is 31.7. The third-order valence-corrected chi connectivity index (χ3v) is 1.36. The van der Waals surface area contributed by atoms with Crippen molar-refractivity contribution in [3.05, 3.63) is 24.0 Å². The summed E-state index contributed by atoms with van der Waals surface area (Å²) >= 11 is 0. The van der Waals surface area contributed by atoms with Gasteiger partial charge in [-0.05, 0) is 12.2 Å². The first-order valence-corrected chi connectivity index (χ1v) is 3.04. The molecule has 0 radical (unpaired) electrons. The Hall–Kier alpha value is -0.830. The van der Waals surface area contributed by atoms with Crippen LogP contribution in [0.4, 0.5) is 4.39 Å². The van der Waals surface area contributed by atoms with E-state index in [1.54, 1.807) is 12.2 Å². The SMILES string of the molecule is COC1=CC=CC(N)(F)C1. The van der Waals surface area contributed by atoms with Gasteiger partial charge in [-0.15, -0.1) is 0 Å². The summed E-state index contributed by atoms with van der Waals surface area (Å²) in [5, 5.41) is 0. The molecule has 1 rings (SSSR count). The highest BCUT2D eigenvalue weighted by Gasteiger charge is 2.24. The van der Waals surface area contributed by atoms with Crippen molar-refractivity contribution in [3.8, 4) is 0 Å².